The normalized spacial score (nSPS) is 19.4. The fraction of sp³-hybridized carbons (Fsp3) is 0.562. The summed E-state index contributed by atoms with van der Waals surface area (Å²) in [6, 6.07) is 5.20. The van der Waals surface area contributed by atoms with Gasteiger partial charge in [-0.15, -0.1) is 0 Å². The summed E-state index contributed by atoms with van der Waals surface area (Å²) >= 11 is 0. The maximum Gasteiger partial charge on any atom is 0.251 e. The zero-order valence-electron chi connectivity index (χ0n) is 11.9. The highest BCUT2D eigenvalue weighted by atomic mass is 16.5. The van der Waals surface area contributed by atoms with Gasteiger partial charge in [0.25, 0.3) is 5.91 Å². The van der Waals surface area contributed by atoms with Crippen molar-refractivity contribution in [3.05, 3.63) is 23.8 Å². The lowest BCUT2D eigenvalue weighted by molar-refractivity contribution is 0.0942. The first-order valence-corrected chi connectivity index (χ1v) is 7.44. The van der Waals surface area contributed by atoms with E-state index in [0.29, 0.717) is 29.0 Å². The van der Waals surface area contributed by atoms with Crippen LogP contribution in [0.2, 0.25) is 0 Å². The second-order valence-corrected chi connectivity index (χ2v) is 6.04. The lowest BCUT2D eigenvalue weighted by Gasteiger charge is -2.15. The molecule has 4 heteroatoms. The molecule has 2 fully saturated rings. The second-order valence-electron chi connectivity index (χ2n) is 6.04. The van der Waals surface area contributed by atoms with E-state index in [1.807, 2.05) is 6.92 Å². The number of anilines is 1. The molecule has 1 aromatic carbocycles. The molecule has 0 unspecified atom stereocenters. The molecule has 3 rings (SSSR count). The zero-order valence-corrected chi connectivity index (χ0v) is 11.9. The quantitative estimate of drug-likeness (QED) is 0.784. The molecule has 1 aromatic rings. The molecule has 2 aliphatic rings. The van der Waals surface area contributed by atoms with Gasteiger partial charge in [0.1, 0.15) is 5.75 Å². The minimum absolute atomic E-state index is 0.0508. The Balaban J connectivity index is 1.64. The predicted molar refractivity (Wildman–Crippen MR) is 78.7 cm³/mol. The minimum atomic E-state index is -0.0508. The van der Waals surface area contributed by atoms with Crippen molar-refractivity contribution >= 4 is 11.6 Å². The van der Waals surface area contributed by atoms with Crippen LogP contribution in [0.3, 0.4) is 0 Å². The first-order valence-electron chi connectivity index (χ1n) is 7.44. The summed E-state index contributed by atoms with van der Waals surface area (Å²) in [6.45, 7) is 3.28. The fourth-order valence-corrected chi connectivity index (χ4v) is 2.95. The molecule has 0 atom stereocenters. The Hall–Kier alpha value is -1.71. The molecule has 0 aliphatic heterocycles. The largest absolute Gasteiger partial charge is 0.494 e. The number of nitrogens with one attached hydrogen (secondary N) is 1. The summed E-state index contributed by atoms with van der Waals surface area (Å²) in [7, 11) is 0. The smallest absolute Gasteiger partial charge is 0.251 e. The number of nitrogens with two attached hydrogens (primary N) is 1. The van der Waals surface area contributed by atoms with Gasteiger partial charge in [0, 0.05) is 23.9 Å². The van der Waals surface area contributed by atoms with E-state index in [0.717, 1.165) is 12.5 Å². The van der Waals surface area contributed by atoms with Crippen molar-refractivity contribution in [1.29, 1.82) is 0 Å². The molecule has 0 aromatic heterocycles. The van der Waals surface area contributed by atoms with Crippen LogP contribution in [0.5, 0.6) is 5.75 Å². The second kappa shape index (κ2) is 5.00. The van der Waals surface area contributed by atoms with E-state index in [4.69, 9.17) is 10.5 Å². The molecule has 0 saturated heterocycles. The van der Waals surface area contributed by atoms with Crippen molar-refractivity contribution in [1.82, 2.24) is 5.32 Å². The van der Waals surface area contributed by atoms with E-state index in [1.54, 1.807) is 18.2 Å². The van der Waals surface area contributed by atoms with E-state index in [9.17, 15) is 4.79 Å². The third kappa shape index (κ3) is 2.74. The van der Waals surface area contributed by atoms with Gasteiger partial charge in [0.15, 0.2) is 0 Å². The summed E-state index contributed by atoms with van der Waals surface area (Å²) in [6.07, 6.45) is 5.20. The van der Waals surface area contributed by atoms with E-state index < -0.39 is 0 Å². The maximum atomic E-state index is 12.2. The van der Waals surface area contributed by atoms with Gasteiger partial charge < -0.3 is 15.8 Å². The van der Waals surface area contributed by atoms with Crippen molar-refractivity contribution in [2.45, 2.75) is 32.6 Å². The number of benzene rings is 1. The molecule has 0 radical (unpaired) electrons. The first kappa shape index (κ1) is 13.3. The number of carbonyl (C=O) groups is 1. The predicted octanol–water partition coefficient (Wildman–Crippen LogP) is 2.59. The van der Waals surface area contributed by atoms with Crippen molar-refractivity contribution in [2.24, 2.45) is 11.3 Å². The highest BCUT2D eigenvalue weighted by molar-refractivity contribution is 5.95. The lowest BCUT2D eigenvalue weighted by atomic mass is 10.0. The van der Waals surface area contributed by atoms with Gasteiger partial charge in [0.2, 0.25) is 0 Å². The fourth-order valence-electron chi connectivity index (χ4n) is 2.95. The Morgan fingerprint density at radius 3 is 2.75 bits per heavy atom. The Labute approximate surface area is 119 Å². The average molecular weight is 274 g/mol. The lowest BCUT2D eigenvalue weighted by Crippen LogP contribution is -2.31. The van der Waals surface area contributed by atoms with E-state index in [2.05, 4.69) is 5.32 Å². The van der Waals surface area contributed by atoms with E-state index in [-0.39, 0.29) is 5.91 Å². The maximum absolute atomic E-state index is 12.2. The Morgan fingerprint density at radius 2 is 2.15 bits per heavy atom. The van der Waals surface area contributed by atoms with Crippen LogP contribution in [-0.2, 0) is 0 Å². The molecular weight excluding hydrogens is 252 g/mol. The van der Waals surface area contributed by atoms with Crippen LogP contribution < -0.4 is 15.8 Å². The summed E-state index contributed by atoms with van der Waals surface area (Å²) in [5.74, 6) is 1.45. The van der Waals surface area contributed by atoms with Crippen LogP contribution in [0, 0.1) is 11.3 Å². The van der Waals surface area contributed by atoms with E-state index in [1.165, 1.54) is 25.7 Å². The number of amides is 1. The molecule has 4 nitrogen and oxygen atoms in total. The van der Waals surface area contributed by atoms with Gasteiger partial charge in [0.05, 0.1) is 6.61 Å². The molecule has 108 valence electrons. The highest BCUT2D eigenvalue weighted by Gasteiger charge is 2.53. The Morgan fingerprint density at radius 1 is 1.40 bits per heavy atom. The highest BCUT2D eigenvalue weighted by Crippen LogP contribution is 2.60. The third-order valence-electron chi connectivity index (χ3n) is 4.44. The van der Waals surface area contributed by atoms with Gasteiger partial charge in [-0.1, -0.05) is 0 Å². The zero-order chi connectivity index (χ0) is 14.2. The van der Waals surface area contributed by atoms with Gasteiger partial charge in [-0.05, 0) is 56.1 Å². The minimum Gasteiger partial charge on any atom is -0.494 e. The van der Waals surface area contributed by atoms with Gasteiger partial charge >= 0.3 is 0 Å². The topological polar surface area (TPSA) is 64.3 Å². The Bertz CT molecular complexity index is 519. The average Bonchev–Trinajstić information content (AvgIpc) is 3.27. The van der Waals surface area contributed by atoms with Crippen LogP contribution in [0.25, 0.3) is 0 Å². The molecule has 2 saturated carbocycles. The van der Waals surface area contributed by atoms with Crippen LogP contribution >= 0.6 is 0 Å². The van der Waals surface area contributed by atoms with Gasteiger partial charge in [-0.2, -0.15) is 0 Å². The first-order chi connectivity index (χ1) is 9.63. The Kier molecular flexibility index (Phi) is 3.32. The van der Waals surface area contributed by atoms with Crippen LogP contribution in [0.1, 0.15) is 43.0 Å². The van der Waals surface area contributed by atoms with E-state index >= 15 is 0 Å². The molecule has 0 heterocycles. The number of nitrogen functional groups attached to an aromatic ring is 1. The molecule has 0 spiro atoms. The number of carbonyl (C=O) groups excluding carboxylic acids is 1. The van der Waals surface area contributed by atoms with Gasteiger partial charge in [-0.3, -0.25) is 4.79 Å². The molecule has 3 N–H and O–H groups in total. The summed E-state index contributed by atoms with van der Waals surface area (Å²) in [5.41, 5.74) is 7.38. The third-order valence-corrected chi connectivity index (χ3v) is 4.44. The summed E-state index contributed by atoms with van der Waals surface area (Å²) in [5, 5.41) is 3.07. The SMILES string of the molecule is CCOc1cc(N)cc(C(=O)NCC2(C3CC3)CC2)c1. The number of rotatable bonds is 6. The van der Waals surface area contributed by atoms with Crippen LogP contribution in [0.4, 0.5) is 5.69 Å². The molecule has 0 bridgehead atoms. The van der Waals surface area contributed by atoms with Gasteiger partial charge in [-0.25, -0.2) is 0 Å². The number of hydrogen-bond acceptors (Lipinski definition) is 3. The monoisotopic (exact) mass is 274 g/mol. The molecular formula is C16H22N2O2. The molecule has 20 heavy (non-hydrogen) atoms. The van der Waals surface area contributed by atoms with Crippen LogP contribution in [0.15, 0.2) is 18.2 Å². The molecule has 1 amide bonds. The molecule has 2 aliphatic carbocycles. The summed E-state index contributed by atoms with van der Waals surface area (Å²) in [4.78, 5) is 12.2. The number of ether oxygens (including phenoxy) is 1. The van der Waals surface area contributed by atoms with Crippen molar-refractivity contribution in [3.63, 3.8) is 0 Å². The standard InChI is InChI=1S/C16H22N2O2/c1-2-20-14-8-11(7-13(17)9-14)15(19)18-10-16(5-6-16)12-3-4-12/h7-9,12H,2-6,10,17H2,1H3,(H,18,19). The van der Waals surface area contributed by atoms with Crippen molar-refractivity contribution in [3.8, 4) is 5.75 Å². The van der Waals surface area contributed by atoms with Crippen molar-refractivity contribution in [2.75, 3.05) is 18.9 Å². The summed E-state index contributed by atoms with van der Waals surface area (Å²) < 4.78 is 5.42. The van der Waals surface area contributed by atoms with Crippen LogP contribution in [-0.4, -0.2) is 19.1 Å². The number of hydrogen-bond donors (Lipinski definition) is 2. The van der Waals surface area contributed by atoms with Crippen molar-refractivity contribution < 1.29 is 9.53 Å².